The first kappa shape index (κ1) is 31.7. The Hall–Kier alpha value is -3.20. The van der Waals surface area contributed by atoms with Gasteiger partial charge in [0.1, 0.15) is 11.4 Å². The van der Waals surface area contributed by atoms with Crippen LogP contribution in [0.4, 0.5) is 24.5 Å². The summed E-state index contributed by atoms with van der Waals surface area (Å²) in [5.41, 5.74) is -0.504. The Bertz CT molecular complexity index is 1420. The molecular formula is C30H32F3IN4O4. The number of benzene rings is 3. The number of hydrogen-bond acceptors (Lipinski definition) is 6. The predicted octanol–water partition coefficient (Wildman–Crippen LogP) is 4.59. The third-order valence-electron chi connectivity index (χ3n) is 7.01. The van der Waals surface area contributed by atoms with Crippen molar-refractivity contribution >= 4 is 45.8 Å². The number of likely N-dealkylation sites (tertiary alicyclic amines) is 2. The van der Waals surface area contributed by atoms with Crippen molar-refractivity contribution in [1.82, 2.24) is 15.1 Å². The number of hydrogen-bond donors (Lipinski definition) is 4. The van der Waals surface area contributed by atoms with E-state index in [0.29, 0.717) is 10.1 Å². The first-order valence-corrected chi connectivity index (χ1v) is 14.4. The van der Waals surface area contributed by atoms with E-state index in [0.717, 1.165) is 39.0 Å². The monoisotopic (exact) mass is 696 g/mol. The maximum absolute atomic E-state index is 14.7. The number of amides is 1. The van der Waals surface area contributed by atoms with E-state index in [1.165, 1.54) is 28.7 Å². The average molecular weight is 697 g/mol. The Morgan fingerprint density at radius 2 is 1.74 bits per heavy atom. The van der Waals surface area contributed by atoms with Crippen LogP contribution in [0.1, 0.15) is 29.3 Å². The maximum atomic E-state index is 14.7. The van der Waals surface area contributed by atoms with Gasteiger partial charge in [-0.25, -0.2) is 13.2 Å². The van der Waals surface area contributed by atoms with Crippen LogP contribution in [-0.4, -0.2) is 76.3 Å². The molecule has 4 N–H and O–H groups in total. The van der Waals surface area contributed by atoms with Crippen LogP contribution in [0.3, 0.4) is 0 Å². The van der Waals surface area contributed by atoms with Gasteiger partial charge in [0.15, 0.2) is 11.6 Å². The van der Waals surface area contributed by atoms with E-state index >= 15 is 0 Å². The summed E-state index contributed by atoms with van der Waals surface area (Å²) in [6.07, 6.45) is 0.963. The highest BCUT2D eigenvalue weighted by Crippen LogP contribution is 2.32. The van der Waals surface area contributed by atoms with Crippen LogP contribution in [-0.2, 0) is 11.3 Å². The zero-order chi connectivity index (χ0) is 30.4. The molecule has 42 heavy (non-hydrogen) atoms. The van der Waals surface area contributed by atoms with Gasteiger partial charge >= 0.3 is 0 Å². The van der Waals surface area contributed by atoms with Gasteiger partial charge in [0.2, 0.25) is 0 Å². The second kappa shape index (κ2) is 13.8. The molecule has 0 spiro atoms. The number of nitrogens with one attached hydrogen (secondary N) is 2. The molecule has 224 valence electrons. The minimum atomic E-state index is -1.27. The lowest BCUT2D eigenvalue weighted by Gasteiger charge is -2.47. The summed E-state index contributed by atoms with van der Waals surface area (Å²) in [5, 5.41) is 24.3. The fourth-order valence-electron chi connectivity index (χ4n) is 4.99. The molecule has 0 saturated carbocycles. The number of carboxylic acid groups (broad SMARTS) is 1. The molecule has 8 nitrogen and oxygen atoms in total. The molecule has 1 unspecified atom stereocenters. The number of carbonyl (C=O) groups is 2. The van der Waals surface area contributed by atoms with Gasteiger partial charge in [0.05, 0.1) is 30.0 Å². The maximum Gasteiger partial charge on any atom is 0.300 e. The summed E-state index contributed by atoms with van der Waals surface area (Å²) >= 11 is 1.94. The zero-order valence-corrected chi connectivity index (χ0v) is 25.1. The molecule has 2 fully saturated rings. The molecule has 0 aliphatic carbocycles. The Morgan fingerprint density at radius 3 is 2.40 bits per heavy atom. The van der Waals surface area contributed by atoms with Crippen molar-refractivity contribution < 1.29 is 33.0 Å². The first-order valence-electron chi connectivity index (χ1n) is 13.3. The van der Waals surface area contributed by atoms with Gasteiger partial charge in [0.25, 0.3) is 11.9 Å². The van der Waals surface area contributed by atoms with Crippen LogP contribution >= 0.6 is 22.6 Å². The van der Waals surface area contributed by atoms with Gasteiger partial charge in [-0.1, -0.05) is 30.3 Å². The lowest BCUT2D eigenvalue weighted by molar-refractivity contribution is -0.134. The van der Waals surface area contributed by atoms with Crippen LogP contribution in [0, 0.1) is 21.0 Å². The number of aliphatic carboxylic acids is 1. The fraction of sp³-hybridized carbons (Fsp3) is 0.333. The molecule has 2 heterocycles. The van der Waals surface area contributed by atoms with Crippen LogP contribution in [0.2, 0.25) is 0 Å². The van der Waals surface area contributed by atoms with E-state index in [1.807, 2.05) is 40.8 Å². The van der Waals surface area contributed by atoms with E-state index in [4.69, 9.17) is 9.90 Å². The third kappa shape index (κ3) is 8.21. The minimum Gasteiger partial charge on any atom is -0.481 e. The molecule has 0 bridgehead atoms. The molecule has 0 radical (unpaired) electrons. The summed E-state index contributed by atoms with van der Waals surface area (Å²) < 4.78 is 43.7. The van der Waals surface area contributed by atoms with E-state index in [-0.39, 0.29) is 30.4 Å². The molecule has 3 aromatic carbocycles. The summed E-state index contributed by atoms with van der Waals surface area (Å²) in [7, 11) is 0. The molecule has 2 aliphatic rings. The SMILES string of the molecule is CC(=O)O.O=C(c1ccc(F)c(F)c1Nc1ccc(I)cc1F)N1CC(O)(CNC2CCN(Cc3ccccc3)C2)C1. The molecule has 1 atom stereocenters. The van der Waals surface area contributed by atoms with E-state index < -0.39 is 40.6 Å². The van der Waals surface area contributed by atoms with Crippen molar-refractivity contribution in [3.05, 3.63) is 92.8 Å². The quantitative estimate of drug-likeness (QED) is 0.256. The lowest BCUT2D eigenvalue weighted by Crippen LogP contribution is -2.67. The Balaban J connectivity index is 0.000000952. The second-order valence-electron chi connectivity index (χ2n) is 10.5. The van der Waals surface area contributed by atoms with Crippen LogP contribution < -0.4 is 10.6 Å². The fourth-order valence-corrected chi connectivity index (χ4v) is 5.44. The summed E-state index contributed by atoms with van der Waals surface area (Å²) in [4.78, 5) is 25.9. The predicted molar refractivity (Wildman–Crippen MR) is 161 cm³/mol. The van der Waals surface area contributed by atoms with Crippen molar-refractivity contribution in [3.63, 3.8) is 0 Å². The van der Waals surface area contributed by atoms with E-state index in [2.05, 4.69) is 27.7 Å². The molecule has 12 heteroatoms. The summed E-state index contributed by atoms with van der Waals surface area (Å²) in [6, 6.07) is 16.8. The van der Waals surface area contributed by atoms with Gasteiger partial charge in [-0.3, -0.25) is 14.5 Å². The van der Waals surface area contributed by atoms with Crippen molar-refractivity contribution in [2.75, 3.05) is 38.0 Å². The van der Waals surface area contributed by atoms with E-state index in [9.17, 15) is 23.1 Å². The van der Waals surface area contributed by atoms with E-state index in [1.54, 1.807) is 6.07 Å². The van der Waals surface area contributed by atoms with Gasteiger partial charge in [-0.05, 0) is 64.9 Å². The molecule has 1 amide bonds. The third-order valence-corrected chi connectivity index (χ3v) is 7.69. The zero-order valence-electron chi connectivity index (χ0n) is 22.9. The molecule has 2 saturated heterocycles. The Kier molecular flexibility index (Phi) is 10.5. The standard InChI is InChI=1S/C28H28F3IN4O2.C2H4O2/c29-22-8-7-21(26(25(22)31)34-24-9-6-19(32)12-23(24)30)27(37)36-16-28(38,17-36)15-33-20-10-11-35(14-20)13-18-4-2-1-3-5-18;1-2(3)4/h1-9,12,20,33-34,38H,10-11,13-17H2;1H3,(H,3,4). The largest absolute Gasteiger partial charge is 0.481 e. The Labute approximate surface area is 255 Å². The topological polar surface area (TPSA) is 105 Å². The number of nitrogens with zero attached hydrogens (tertiary/aromatic N) is 2. The minimum absolute atomic E-state index is 0.0512. The van der Waals surface area contributed by atoms with Crippen molar-refractivity contribution in [3.8, 4) is 0 Å². The van der Waals surface area contributed by atoms with Crippen molar-refractivity contribution in [2.24, 2.45) is 0 Å². The normalized spacial score (nSPS) is 17.7. The smallest absolute Gasteiger partial charge is 0.300 e. The van der Waals surface area contributed by atoms with Crippen LogP contribution in [0.15, 0.2) is 60.7 Å². The van der Waals surface area contributed by atoms with Crippen molar-refractivity contribution in [2.45, 2.75) is 31.5 Å². The highest BCUT2D eigenvalue weighted by molar-refractivity contribution is 14.1. The molecule has 3 aromatic rings. The number of halogens is 4. The molecule has 2 aliphatic heterocycles. The van der Waals surface area contributed by atoms with Crippen molar-refractivity contribution in [1.29, 1.82) is 0 Å². The summed E-state index contributed by atoms with van der Waals surface area (Å²) in [6.45, 7) is 4.21. The second-order valence-corrected chi connectivity index (χ2v) is 11.8. The van der Waals surface area contributed by atoms with Crippen LogP contribution in [0.5, 0.6) is 0 Å². The molecule has 0 aromatic heterocycles. The number of carboxylic acids is 1. The number of rotatable bonds is 8. The lowest BCUT2D eigenvalue weighted by atomic mass is 9.92. The summed E-state index contributed by atoms with van der Waals surface area (Å²) in [5.74, 6) is -4.49. The number of carbonyl (C=O) groups excluding carboxylic acids is 1. The van der Waals surface area contributed by atoms with Gasteiger partial charge in [-0.2, -0.15) is 0 Å². The molecular weight excluding hydrogens is 664 g/mol. The van der Waals surface area contributed by atoms with Gasteiger partial charge in [0, 0.05) is 42.7 Å². The first-order chi connectivity index (χ1) is 19.9. The van der Waals surface area contributed by atoms with Gasteiger partial charge in [-0.15, -0.1) is 0 Å². The highest BCUT2D eigenvalue weighted by atomic mass is 127. The number of β-amino-alcohol motifs (C(OH)–C–C–N with tert-alkyl or cyclic N) is 1. The van der Waals surface area contributed by atoms with Gasteiger partial charge < -0.3 is 25.7 Å². The average Bonchev–Trinajstić information content (AvgIpc) is 3.37. The Morgan fingerprint density at radius 1 is 1.05 bits per heavy atom. The van der Waals surface area contributed by atoms with Crippen LogP contribution in [0.25, 0.3) is 0 Å². The molecule has 5 rings (SSSR count). The number of anilines is 2. The number of aliphatic hydroxyl groups is 1. The highest BCUT2D eigenvalue weighted by Gasteiger charge is 2.44.